The van der Waals surface area contributed by atoms with E-state index in [0.29, 0.717) is 0 Å². The van der Waals surface area contributed by atoms with Crippen LogP contribution >= 0.6 is 22.9 Å². The molecule has 2 aromatic rings. The first-order valence-electron chi connectivity index (χ1n) is 6.37. The lowest BCUT2D eigenvalue weighted by atomic mass is 10.3. The first-order valence-corrected chi connectivity index (χ1v) is 9.05. The normalized spacial score (nSPS) is 13.3. The molecule has 0 amide bonds. The third-order valence-electron chi connectivity index (χ3n) is 3.02. The van der Waals surface area contributed by atoms with Gasteiger partial charge in [-0.15, -0.1) is 11.3 Å². The molecule has 0 aliphatic rings. The van der Waals surface area contributed by atoms with Crippen molar-refractivity contribution >= 4 is 33.0 Å². The summed E-state index contributed by atoms with van der Waals surface area (Å²) in [5.74, 6) is -0.663. The molecule has 0 radical (unpaired) electrons. The van der Waals surface area contributed by atoms with Crippen LogP contribution in [0.15, 0.2) is 35.2 Å². The van der Waals surface area contributed by atoms with Crippen molar-refractivity contribution < 1.29 is 17.5 Å². The van der Waals surface area contributed by atoms with E-state index in [4.69, 9.17) is 16.3 Å². The third kappa shape index (κ3) is 4.05. The minimum Gasteiger partial charge on any atom is -0.375 e. The molecule has 1 aromatic heterocycles. The van der Waals surface area contributed by atoms with Crippen molar-refractivity contribution in [1.29, 1.82) is 0 Å². The molecule has 0 saturated heterocycles. The van der Waals surface area contributed by atoms with Gasteiger partial charge in [0.25, 0.3) is 0 Å². The zero-order valence-corrected chi connectivity index (χ0v) is 14.4. The first kappa shape index (κ1) is 17.4. The number of rotatable bonds is 6. The van der Waals surface area contributed by atoms with E-state index in [1.165, 1.54) is 13.2 Å². The molecule has 0 saturated carbocycles. The largest absolute Gasteiger partial charge is 0.375 e. The van der Waals surface area contributed by atoms with Crippen LogP contribution < -0.4 is 4.72 Å². The van der Waals surface area contributed by atoms with Gasteiger partial charge < -0.3 is 4.74 Å². The van der Waals surface area contributed by atoms with Crippen LogP contribution in [0, 0.1) is 12.7 Å². The second kappa shape index (κ2) is 7.06. The smallest absolute Gasteiger partial charge is 0.240 e. The van der Waals surface area contributed by atoms with Gasteiger partial charge >= 0.3 is 0 Å². The van der Waals surface area contributed by atoms with E-state index in [2.05, 4.69) is 4.72 Å². The fourth-order valence-corrected chi connectivity index (χ4v) is 4.10. The number of sulfonamides is 1. The Hall–Kier alpha value is -0.990. The number of halogens is 2. The Morgan fingerprint density at radius 2 is 2.09 bits per heavy atom. The van der Waals surface area contributed by atoms with Gasteiger partial charge in [0.1, 0.15) is 11.9 Å². The fraction of sp³-hybridized carbons (Fsp3) is 0.286. The molecular weight excluding hydrogens is 349 g/mol. The van der Waals surface area contributed by atoms with Gasteiger partial charge in [0.05, 0.1) is 9.92 Å². The molecule has 1 unspecified atom stereocenters. The highest BCUT2D eigenvalue weighted by Gasteiger charge is 2.20. The van der Waals surface area contributed by atoms with Crippen molar-refractivity contribution in [1.82, 2.24) is 4.72 Å². The number of benzene rings is 1. The van der Waals surface area contributed by atoms with Crippen molar-refractivity contribution in [3.63, 3.8) is 0 Å². The Morgan fingerprint density at radius 3 is 2.64 bits per heavy atom. The van der Waals surface area contributed by atoms with Crippen molar-refractivity contribution in [3.8, 4) is 0 Å². The number of hydrogen-bond donors (Lipinski definition) is 1. The Balaban J connectivity index is 2.12. The summed E-state index contributed by atoms with van der Waals surface area (Å²) in [7, 11) is -2.27. The van der Waals surface area contributed by atoms with E-state index in [-0.39, 0.29) is 22.6 Å². The van der Waals surface area contributed by atoms with Gasteiger partial charge in [0, 0.05) is 23.4 Å². The van der Waals surface area contributed by atoms with Crippen LogP contribution in [0.25, 0.3) is 0 Å². The van der Waals surface area contributed by atoms with Crippen LogP contribution in [-0.4, -0.2) is 22.1 Å². The van der Waals surface area contributed by atoms with E-state index in [1.807, 2.05) is 19.1 Å². The molecule has 4 nitrogen and oxygen atoms in total. The summed E-state index contributed by atoms with van der Waals surface area (Å²) in [5, 5.41) is -0.236. The van der Waals surface area contributed by atoms with Gasteiger partial charge in [0.15, 0.2) is 0 Å². The highest BCUT2D eigenvalue weighted by atomic mass is 35.5. The third-order valence-corrected chi connectivity index (χ3v) is 5.83. The summed E-state index contributed by atoms with van der Waals surface area (Å²) in [5.41, 5.74) is 0. The number of methoxy groups -OCH3 is 1. The molecule has 1 heterocycles. The number of nitrogens with one attached hydrogen (secondary N) is 1. The average Bonchev–Trinajstić information content (AvgIpc) is 2.89. The van der Waals surface area contributed by atoms with Crippen LogP contribution in [0.3, 0.4) is 0 Å². The van der Waals surface area contributed by atoms with Gasteiger partial charge in [-0.1, -0.05) is 11.6 Å². The van der Waals surface area contributed by atoms with Crippen LogP contribution in [0.4, 0.5) is 4.39 Å². The topological polar surface area (TPSA) is 55.4 Å². The summed E-state index contributed by atoms with van der Waals surface area (Å²) >= 11 is 7.16. The van der Waals surface area contributed by atoms with Gasteiger partial charge in [-0.05, 0) is 37.3 Å². The van der Waals surface area contributed by atoms with Crippen molar-refractivity contribution in [2.24, 2.45) is 0 Å². The molecule has 0 spiro atoms. The molecule has 120 valence electrons. The molecule has 1 aromatic carbocycles. The number of hydrogen-bond acceptors (Lipinski definition) is 4. The predicted octanol–water partition coefficient (Wildman–Crippen LogP) is 3.52. The van der Waals surface area contributed by atoms with E-state index in [1.54, 1.807) is 11.3 Å². The number of aryl methyl sites for hydroxylation is 1. The van der Waals surface area contributed by atoms with E-state index in [0.717, 1.165) is 21.9 Å². The van der Waals surface area contributed by atoms with E-state index in [9.17, 15) is 12.8 Å². The lowest BCUT2D eigenvalue weighted by molar-refractivity contribution is 0.110. The fourth-order valence-electron chi connectivity index (χ4n) is 1.84. The lowest BCUT2D eigenvalue weighted by Gasteiger charge is -2.15. The maximum Gasteiger partial charge on any atom is 0.240 e. The monoisotopic (exact) mass is 363 g/mol. The molecule has 2 rings (SSSR count). The summed E-state index contributed by atoms with van der Waals surface area (Å²) in [6, 6.07) is 7.11. The van der Waals surface area contributed by atoms with Crippen molar-refractivity contribution in [2.75, 3.05) is 13.7 Å². The molecule has 0 aliphatic heterocycles. The van der Waals surface area contributed by atoms with E-state index >= 15 is 0 Å². The first-order chi connectivity index (χ1) is 10.3. The summed E-state index contributed by atoms with van der Waals surface area (Å²) in [6.45, 7) is 2.04. The van der Waals surface area contributed by atoms with Gasteiger partial charge in [0.2, 0.25) is 10.0 Å². The Labute approximate surface area is 137 Å². The minimum absolute atomic E-state index is 0.0772. The second-order valence-corrected chi connectivity index (χ2v) is 8.09. The molecular formula is C14H15ClFNO3S2. The minimum atomic E-state index is -3.78. The van der Waals surface area contributed by atoms with Crippen LogP contribution in [0.2, 0.25) is 5.02 Å². The van der Waals surface area contributed by atoms with Crippen LogP contribution in [-0.2, 0) is 14.8 Å². The Bertz CT molecular complexity index is 761. The second-order valence-electron chi connectivity index (χ2n) is 4.60. The average molecular weight is 364 g/mol. The van der Waals surface area contributed by atoms with Gasteiger partial charge in [-0.2, -0.15) is 0 Å². The maximum absolute atomic E-state index is 13.1. The molecule has 22 heavy (non-hydrogen) atoms. The van der Waals surface area contributed by atoms with Gasteiger partial charge in [-0.3, -0.25) is 0 Å². The van der Waals surface area contributed by atoms with Crippen LogP contribution in [0.1, 0.15) is 15.9 Å². The Morgan fingerprint density at radius 1 is 1.36 bits per heavy atom. The number of ether oxygens (including phenoxy) is 1. The van der Waals surface area contributed by atoms with Gasteiger partial charge in [-0.25, -0.2) is 17.5 Å². The predicted molar refractivity (Wildman–Crippen MR) is 85.4 cm³/mol. The molecule has 1 N–H and O–H groups in total. The molecule has 0 bridgehead atoms. The molecule has 8 heteroatoms. The van der Waals surface area contributed by atoms with E-state index < -0.39 is 15.8 Å². The zero-order chi connectivity index (χ0) is 16.3. The summed E-state index contributed by atoms with van der Waals surface area (Å²) < 4.78 is 45.3. The summed E-state index contributed by atoms with van der Waals surface area (Å²) in [4.78, 5) is 1.96. The highest BCUT2D eigenvalue weighted by Crippen LogP contribution is 2.25. The maximum atomic E-state index is 13.1. The van der Waals surface area contributed by atoms with Crippen molar-refractivity contribution in [3.05, 3.63) is 50.9 Å². The molecule has 0 aliphatic carbocycles. The highest BCUT2D eigenvalue weighted by molar-refractivity contribution is 7.89. The zero-order valence-electron chi connectivity index (χ0n) is 12.0. The molecule has 0 fully saturated rings. The lowest BCUT2D eigenvalue weighted by Crippen LogP contribution is -2.29. The SMILES string of the molecule is COC(CNS(=O)(=O)c1ccc(F)c(Cl)c1)c1ccc(C)s1. The Kier molecular flexibility index (Phi) is 5.57. The molecule has 1 atom stereocenters. The summed E-state index contributed by atoms with van der Waals surface area (Å²) in [6.07, 6.45) is -0.385. The van der Waals surface area contributed by atoms with Crippen LogP contribution in [0.5, 0.6) is 0 Å². The van der Waals surface area contributed by atoms with Crippen molar-refractivity contribution in [2.45, 2.75) is 17.9 Å². The standard InChI is InChI=1S/C14H15ClFNO3S2/c1-9-3-6-14(21-9)13(20-2)8-17-22(18,19)10-4-5-12(16)11(15)7-10/h3-7,13,17H,8H2,1-2H3. The number of thiophene rings is 1. The quantitative estimate of drug-likeness (QED) is 0.854.